The van der Waals surface area contributed by atoms with Gasteiger partial charge in [0.15, 0.2) is 0 Å². The minimum Gasteiger partial charge on any atom is -0.497 e. The highest BCUT2D eigenvalue weighted by Gasteiger charge is 2.36. The number of anilines is 1. The number of carbonyl (C=O) groups excluding carboxylic acids is 1. The third-order valence-corrected chi connectivity index (χ3v) is 3.86. The van der Waals surface area contributed by atoms with E-state index in [1.165, 1.54) is 25.3 Å². The number of hydrogen-bond donors (Lipinski definition) is 1. The molecule has 2 aromatic carbocycles. The molecule has 0 aliphatic heterocycles. The van der Waals surface area contributed by atoms with E-state index in [1.54, 1.807) is 38.1 Å². The SMILES string of the molecule is COc1ccc(C(C)(C)C(=O)Nc2ccccc2C(F)(F)F)cc1. The fraction of sp³-hybridized carbons (Fsp3) is 0.278. The molecule has 0 saturated heterocycles. The zero-order valence-electron chi connectivity index (χ0n) is 13.6. The van der Waals surface area contributed by atoms with E-state index in [0.717, 1.165) is 6.07 Å². The monoisotopic (exact) mass is 337 g/mol. The predicted molar refractivity (Wildman–Crippen MR) is 86.1 cm³/mol. The topological polar surface area (TPSA) is 38.3 Å². The number of para-hydroxylation sites is 1. The Kier molecular flexibility index (Phi) is 4.87. The van der Waals surface area contributed by atoms with E-state index in [2.05, 4.69) is 5.32 Å². The summed E-state index contributed by atoms with van der Waals surface area (Å²) in [6.07, 6.45) is -4.53. The zero-order valence-corrected chi connectivity index (χ0v) is 13.6. The molecule has 1 N–H and O–H groups in total. The molecular weight excluding hydrogens is 319 g/mol. The van der Waals surface area contributed by atoms with Crippen molar-refractivity contribution >= 4 is 11.6 Å². The van der Waals surface area contributed by atoms with Crippen LogP contribution in [-0.4, -0.2) is 13.0 Å². The molecule has 128 valence electrons. The van der Waals surface area contributed by atoms with E-state index in [9.17, 15) is 18.0 Å². The molecule has 3 nitrogen and oxygen atoms in total. The average Bonchev–Trinajstić information content (AvgIpc) is 2.54. The number of halogens is 3. The van der Waals surface area contributed by atoms with Gasteiger partial charge in [-0.15, -0.1) is 0 Å². The average molecular weight is 337 g/mol. The van der Waals surface area contributed by atoms with Crippen molar-refractivity contribution in [1.29, 1.82) is 0 Å². The minimum atomic E-state index is -4.53. The molecule has 1 amide bonds. The molecular formula is C18H18F3NO2. The lowest BCUT2D eigenvalue weighted by molar-refractivity contribution is -0.137. The highest BCUT2D eigenvalue weighted by atomic mass is 19.4. The molecule has 0 saturated carbocycles. The van der Waals surface area contributed by atoms with Gasteiger partial charge in [0.1, 0.15) is 5.75 Å². The molecule has 0 radical (unpaired) electrons. The quantitative estimate of drug-likeness (QED) is 0.883. The Hall–Kier alpha value is -2.50. The van der Waals surface area contributed by atoms with E-state index < -0.39 is 23.1 Å². The second-order valence-electron chi connectivity index (χ2n) is 5.85. The van der Waals surface area contributed by atoms with Gasteiger partial charge in [-0.1, -0.05) is 24.3 Å². The summed E-state index contributed by atoms with van der Waals surface area (Å²) >= 11 is 0. The Morgan fingerprint density at radius 1 is 1.00 bits per heavy atom. The van der Waals surface area contributed by atoms with Crippen molar-refractivity contribution in [3.63, 3.8) is 0 Å². The van der Waals surface area contributed by atoms with Crippen LogP contribution in [0.4, 0.5) is 18.9 Å². The number of rotatable bonds is 4. The van der Waals surface area contributed by atoms with Crippen LogP contribution in [-0.2, 0) is 16.4 Å². The highest BCUT2D eigenvalue weighted by molar-refractivity contribution is 5.99. The minimum absolute atomic E-state index is 0.253. The summed E-state index contributed by atoms with van der Waals surface area (Å²) in [6, 6.07) is 11.8. The normalized spacial score (nSPS) is 11.9. The van der Waals surface area contributed by atoms with Gasteiger partial charge in [0.2, 0.25) is 5.91 Å². The van der Waals surface area contributed by atoms with Crippen molar-refractivity contribution in [2.75, 3.05) is 12.4 Å². The maximum Gasteiger partial charge on any atom is 0.418 e. The first-order valence-electron chi connectivity index (χ1n) is 7.28. The summed E-state index contributed by atoms with van der Waals surface area (Å²) in [5.41, 5.74) is -1.46. The van der Waals surface area contributed by atoms with Crippen molar-refractivity contribution in [1.82, 2.24) is 0 Å². The fourth-order valence-corrected chi connectivity index (χ4v) is 2.26. The van der Waals surface area contributed by atoms with Gasteiger partial charge in [-0.3, -0.25) is 4.79 Å². The van der Waals surface area contributed by atoms with Gasteiger partial charge in [0, 0.05) is 0 Å². The molecule has 6 heteroatoms. The van der Waals surface area contributed by atoms with Crippen molar-refractivity contribution in [3.05, 3.63) is 59.7 Å². The number of benzene rings is 2. The Morgan fingerprint density at radius 2 is 1.58 bits per heavy atom. The number of methoxy groups -OCH3 is 1. The van der Waals surface area contributed by atoms with E-state index in [0.29, 0.717) is 11.3 Å². The maximum atomic E-state index is 13.0. The van der Waals surface area contributed by atoms with E-state index in [4.69, 9.17) is 4.74 Å². The number of hydrogen-bond acceptors (Lipinski definition) is 2. The van der Waals surface area contributed by atoms with E-state index in [-0.39, 0.29) is 5.69 Å². The highest BCUT2D eigenvalue weighted by Crippen LogP contribution is 2.35. The first kappa shape index (κ1) is 17.8. The van der Waals surface area contributed by atoms with Crippen LogP contribution in [0.3, 0.4) is 0 Å². The molecule has 0 aliphatic carbocycles. The Morgan fingerprint density at radius 3 is 2.12 bits per heavy atom. The second-order valence-corrected chi connectivity index (χ2v) is 5.85. The summed E-state index contributed by atoms with van der Waals surface area (Å²) in [7, 11) is 1.53. The first-order chi connectivity index (χ1) is 11.2. The lowest BCUT2D eigenvalue weighted by Gasteiger charge is -2.25. The fourth-order valence-electron chi connectivity index (χ4n) is 2.26. The third-order valence-electron chi connectivity index (χ3n) is 3.86. The summed E-state index contributed by atoms with van der Waals surface area (Å²) in [4.78, 5) is 12.6. The Labute approximate surface area is 138 Å². The van der Waals surface area contributed by atoms with Gasteiger partial charge in [0.05, 0.1) is 23.8 Å². The number of ether oxygens (including phenoxy) is 1. The van der Waals surface area contributed by atoms with Crippen LogP contribution >= 0.6 is 0 Å². The maximum absolute atomic E-state index is 13.0. The van der Waals surface area contributed by atoms with Crippen LogP contribution < -0.4 is 10.1 Å². The number of nitrogens with one attached hydrogen (secondary N) is 1. The number of amides is 1. The van der Waals surface area contributed by atoms with Crippen LogP contribution in [0.15, 0.2) is 48.5 Å². The number of carbonyl (C=O) groups is 1. The van der Waals surface area contributed by atoms with Crippen LogP contribution in [0.1, 0.15) is 25.0 Å². The molecule has 2 aromatic rings. The lowest BCUT2D eigenvalue weighted by Crippen LogP contribution is -2.35. The zero-order chi connectivity index (χ0) is 18.0. The van der Waals surface area contributed by atoms with Gasteiger partial charge in [-0.2, -0.15) is 13.2 Å². The van der Waals surface area contributed by atoms with Gasteiger partial charge < -0.3 is 10.1 Å². The number of alkyl halides is 3. The predicted octanol–water partition coefficient (Wildman–Crippen LogP) is 4.63. The van der Waals surface area contributed by atoms with Crippen molar-refractivity contribution in [3.8, 4) is 5.75 Å². The summed E-state index contributed by atoms with van der Waals surface area (Å²) < 4.78 is 44.2. The molecule has 0 aliphatic rings. The van der Waals surface area contributed by atoms with E-state index in [1.807, 2.05) is 0 Å². The van der Waals surface area contributed by atoms with Crippen molar-refractivity contribution in [2.45, 2.75) is 25.4 Å². The van der Waals surface area contributed by atoms with Crippen LogP contribution in [0, 0.1) is 0 Å². The molecule has 0 spiro atoms. The summed E-state index contributed by atoms with van der Waals surface area (Å²) in [5, 5.41) is 2.39. The molecule has 24 heavy (non-hydrogen) atoms. The van der Waals surface area contributed by atoms with Crippen LogP contribution in [0.2, 0.25) is 0 Å². The van der Waals surface area contributed by atoms with Gasteiger partial charge >= 0.3 is 6.18 Å². The molecule has 2 rings (SSSR count). The Balaban J connectivity index is 2.28. The molecule has 0 heterocycles. The smallest absolute Gasteiger partial charge is 0.418 e. The molecule has 0 aromatic heterocycles. The van der Waals surface area contributed by atoms with Gasteiger partial charge in [-0.05, 0) is 43.7 Å². The van der Waals surface area contributed by atoms with Crippen molar-refractivity contribution < 1.29 is 22.7 Å². The summed E-state index contributed by atoms with van der Waals surface area (Å²) in [6.45, 7) is 3.31. The lowest BCUT2D eigenvalue weighted by atomic mass is 9.83. The first-order valence-corrected chi connectivity index (χ1v) is 7.28. The second kappa shape index (κ2) is 6.55. The molecule has 0 fully saturated rings. The van der Waals surface area contributed by atoms with Crippen LogP contribution in [0.25, 0.3) is 0 Å². The summed E-state index contributed by atoms with van der Waals surface area (Å²) in [5.74, 6) is 0.113. The molecule has 0 bridgehead atoms. The Bertz CT molecular complexity index is 722. The molecule has 0 atom stereocenters. The standard InChI is InChI=1S/C18H18F3NO2/c1-17(2,12-8-10-13(24-3)11-9-12)16(23)22-15-7-5-4-6-14(15)18(19,20)21/h4-11H,1-3H3,(H,22,23). The van der Waals surface area contributed by atoms with Gasteiger partial charge in [0.25, 0.3) is 0 Å². The molecule has 0 unspecified atom stereocenters. The van der Waals surface area contributed by atoms with Crippen molar-refractivity contribution in [2.24, 2.45) is 0 Å². The third kappa shape index (κ3) is 3.69. The van der Waals surface area contributed by atoms with Gasteiger partial charge in [-0.25, -0.2) is 0 Å². The largest absolute Gasteiger partial charge is 0.497 e. The van der Waals surface area contributed by atoms with E-state index >= 15 is 0 Å². The van der Waals surface area contributed by atoms with Crippen LogP contribution in [0.5, 0.6) is 5.75 Å².